The van der Waals surface area contributed by atoms with Gasteiger partial charge in [-0.2, -0.15) is 44.3 Å². The summed E-state index contributed by atoms with van der Waals surface area (Å²) in [7, 11) is 6.31. The molecule has 1 aromatic heterocycles. The number of ether oxygens (including phenoxy) is 1. The summed E-state index contributed by atoms with van der Waals surface area (Å²) in [5, 5.41) is 11.4. The van der Waals surface area contributed by atoms with Crippen LogP contribution in [0.25, 0.3) is 11.1 Å². The fourth-order valence-electron chi connectivity index (χ4n) is 4.82. The Balaban J connectivity index is 1.92. The molecule has 4 rings (SSSR count). The zero-order chi connectivity index (χ0) is 33.3. The molecule has 0 unspecified atom stereocenters. The molecule has 0 atom stereocenters. The van der Waals surface area contributed by atoms with Crippen LogP contribution >= 0.6 is 0 Å². The van der Waals surface area contributed by atoms with Gasteiger partial charge in [-0.05, 0) is 78.0 Å². The molecule has 0 bridgehead atoms. The van der Waals surface area contributed by atoms with Crippen LogP contribution in [0.15, 0.2) is 54.6 Å². The van der Waals surface area contributed by atoms with E-state index < -0.39 is 53.9 Å². The molecule has 0 spiro atoms. The zero-order valence-electron chi connectivity index (χ0n) is 24.3. The molecule has 0 N–H and O–H groups in total. The van der Waals surface area contributed by atoms with Gasteiger partial charge in [0.2, 0.25) is 0 Å². The van der Waals surface area contributed by atoms with Crippen molar-refractivity contribution in [3.63, 3.8) is 0 Å². The molecule has 0 saturated carbocycles. The van der Waals surface area contributed by atoms with Crippen molar-refractivity contribution >= 4 is 5.95 Å². The number of hydrogen-bond donors (Lipinski definition) is 0. The lowest BCUT2D eigenvalue weighted by molar-refractivity contribution is -0.143. The average Bonchev–Trinajstić information content (AvgIpc) is 3.37. The van der Waals surface area contributed by atoms with Crippen LogP contribution in [0.2, 0.25) is 0 Å². The minimum absolute atomic E-state index is 0.0293. The van der Waals surface area contributed by atoms with Crippen molar-refractivity contribution in [2.24, 2.45) is 7.05 Å². The van der Waals surface area contributed by atoms with Gasteiger partial charge in [0.05, 0.1) is 30.8 Å². The van der Waals surface area contributed by atoms with Crippen molar-refractivity contribution in [3.8, 4) is 16.9 Å². The number of rotatable bonds is 9. The van der Waals surface area contributed by atoms with Gasteiger partial charge < -0.3 is 14.5 Å². The van der Waals surface area contributed by atoms with Gasteiger partial charge in [-0.15, -0.1) is 5.10 Å². The molecular formula is C29H27F9N6O. The molecule has 0 aliphatic carbocycles. The first-order chi connectivity index (χ1) is 20.9. The number of nitrogens with zero attached hydrogens (tertiary/aromatic N) is 6. The first kappa shape index (κ1) is 33.6. The smallest absolute Gasteiger partial charge is 0.416 e. The maximum Gasteiger partial charge on any atom is 0.416 e. The summed E-state index contributed by atoms with van der Waals surface area (Å²) in [5.41, 5.74) is -3.91. The molecule has 0 fully saturated rings. The third-order valence-corrected chi connectivity index (χ3v) is 6.68. The Bertz CT molecular complexity index is 1610. The molecule has 0 aliphatic heterocycles. The molecule has 0 radical (unpaired) electrons. The Labute approximate surface area is 251 Å². The van der Waals surface area contributed by atoms with E-state index in [0.717, 1.165) is 21.3 Å². The van der Waals surface area contributed by atoms with Gasteiger partial charge in [-0.3, -0.25) is 0 Å². The molecule has 0 amide bonds. The summed E-state index contributed by atoms with van der Waals surface area (Å²) in [4.78, 5) is 3.84. The van der Waals surface area contributed by atoms with Crippen LogP contribution in [0.4, 0.5) is 45.5 Å². The Morgan fingerprint density at radius 3 is 1.89 bits per heavy atom. The monoisotopic (exact) mass is 646 g/mol. The summed E-state index contributed by atoms with van der Waals surface area (Å²) >= 11 is 0. The van der Waals surface area contributed by atoms with Crippen LogP contribution in [0.5, 0.6) is 5.75 Å². The molecule has 4 aromatic rings. The quantitative estimate of drug-likeness (QED) is 0.179. The summed E-state index contributed by atoms with van der Waals surface area (Å²) in [6, 6.07) is 9.45. The predicted octanol–water partition coefficient (Wildman–Crippen LogP) is 7.21. The second-order valence-corrected chi connectivity index (χ2v) is 10.5. The fraction of sp³-hybridized carbons (Fsp3) is 0.345. The topological polar surface area (TPSA) is 59.3 Å². The highest BCUT2D eigenvalue weighted by molar-refractivity contribution is 5.76. The van der Waals surface area contributed by atoms with Gasteiger partial charge in [0.15, 0.2) is 0 Å². The molecule has 1 heterocycles. The van der Waals surface area contributed by atoms with Crippen LogP contribution in [-0.4, -0.2) is 46.3 Å². The molecule has 0 saturated heterocycles. The number of alkyl halides is 9. The van der Waals surface area contributed by atoms with Gasteiger partial charge in [0.25, 0.3) is 5.95 Å². The van der Waals surface area contributed by atoms with E-state index in [1.165, 1.54) is 26.3 Å². The largest absolute Gasteiger partial charge is 0.496 e. The van der Waals surface area contributed by atoms with E-state index >= 15 is 0 Å². The van der Waals surface area contributed by atoms with Crippen molar-refractivity contribution in [3.05, 3.63) is 88.0 Å². The number of methoxy groups -OCH3 is 1. The highest BCUT2D eigenvalue weighted by Crippen LogP contribution is 2.42. The number of aromatic nitrogens is 4. The number of tetrazole rings is 1. The second-order valence-electron chi connectivity index (χ2n) is 10.5. The normalized spacial score (nSPS) is 12.6. The van der Waals surface area contributed by atoms with E-state index in [1.54, 1.807) is 18.2 Å². The Morgan fingerprint density at radius 1 is 0.733 bits per heavy atom. The first-order valence-electron chi connectivity index (χ1n) is 13.1. The van der Waals surface area contributed by atoms with Gasteiger partial charge >= 0.3 is 18.5 Å². The molecule has 3 aromatic carbocycles. The second kappa shape index (κ2) is 12.6. The van der Waals surface area contributed by atoms with Crippen molar-refractivity contribution < 1.29 is 44.3 Å². The molecule has 7 nitrogen and oxygen atoms in total. The van der Waals surface area contributed by atoms with Crippen molar-refractivity contribution in [2.75, 3.05) is 26.1 Å². The lowest BCUT2D eigenvalue weighted by Gasteiger charge is -2.26. The van der Waals surface area contributed by atoms with Crippen molar-refractivity contribution in [2.45, 2.75) is 38.2 Å². The predicted molar refractivity (Wildman–Crippen MR) is 146 cm³/mol. The summed E-state index contributed by atoms with van der Waals surface area (Å²) in [6.07, 6.45) is -15.1. The summed E-state index contributed by atoms with van der Waals surface area (Å²) in [6.45, 7) is -0.949. The van der Waals surface area contributed by atoms with Crippen LogP contribution in [0.1, 0.15) is 33.4 Å². The highest BCUT2D eigenvalue weighted by atomic mass is 19.4. The van der Waals surface area contributed by atoms with E-state index in [1.807, 2.05) is 19.0 Å². The Hall–Kier alpha value is -4.34. The van der Waals surface area contributed by atoms with Crippen LogP contribution < -0.4 is 9.64 Å². The highest BCUT2D eigenvalue weighted by Gasteiger charge is 2.38. The Kier molecular flexibility index (Phi) is 9.37. The van der Waals surface area contributed by atoms with Crippen molar-refractivity contribution in [1.82, 2.24) is 25.1 Å². The summed E-state index contributed by atoms with van der Waals surface area (Å²) in [5.74, 6) is -0.0744. The standard InChI is InChI=1S/C29H27F9N6O/c1-42(2)14-17-8-9-25(45-4)22(12-17)21-6-5-7-24(29(36,37)38)23(21)16-44(26-39-41-43(3)40-26)15-18-10-19(27(30,31)32)13-20(11-18)28(33,34)35/h5-13H,14-16H2,1-4H3. The maximum atomic E-state index is 14.5. The van der Waals surface area contributed by atoms with E-state index in [9.17, 15) is 39.5 Å². The van der Waals surface area contributed by atoms with Gasteiger partial charge in [-0.25, -0.2) is 0 Å². The van der Waals surface area contributed by atoms with E-state index in [0.29, 0.717) is 24.2 Å². The third kappa shape index (κ3) is 8.04. The van der Waals surface area contributed by atoms with Crippen molar-refractivity contribution in [1.29, 1.82) is 0 Å². The molecular weight excluding hydrogens is 619 g/mol. The van der Waals surface area contributed by atoms with Crippen LogP contribution in [-0.2, 0) is 45.2 Å². The third-order valence-electron chi connectivity index (χ3n) is 6.68. The number of benzene rings is 3. The number of anilines is 1. The SMILES string of the molecule is COc1ccc(CN(C)C)cc1-c1cccc(C(F)(F)F)c1CN(Cc1cc(C(F)(F)F)cc(C(F)(F)F)c1)c1nnn(C)n1. The fourth-order valence-corrected chi connectivity index (χ4v) is 4.82. The van der Waals surface area contributed by atoms with E-state index in [2.05, 4.69) is 15.4 Å². The maximum absolute atomic E-state index is 14.5. The molecule has 45 heavy (non-hydrogen) atoms. The lowest BCUT2D eigenvalue weighted by atomic mass is 9.92. The van der Waals surface area contributed by atoms with Gasteiger partial charge in [-0.1, -0.05) is 23.3 Å². The lowest BCUT2D eigenvalue weighted by Crippen LogP contribution is -2.26. The first-order valence-corrected chi connectivity index (χ1v) is 13.1. The zero-order valence-corrected chi connectivity index (χ0v) is 24.3. The van der Waals surface area contributed by atoms with Gasteiger partial charge in [0, 0.05) is 25.2 Å². The molecule has 16 heteroatoms. The van der Waals surface area contributed by atoms with Crippen LogP contribution in [0, 0.1) is 0 Å². The minimum atomic E-state index is -5.13. The minimum Gasteiger partial charge on any atom is -0.496 e. The van der Waals surface area contributed by atoms with Gasteiger partial charge in [0.1, 0.15) is 5.75 Å². The number of aryl methyl sites for hydroxylation is 1. The van der Waals surface area contributed by atoms with Crippen LogP contribution in [0.3, 0.4) is 0 Å². The number of hydrogen-bond acceptors (Lipinski definition) is 6. The number of halogens is 9. The molecule has 242 valence electrons. The average molecular weight is 647 g/mol. The van der Waals surface area contributed by atoms with E-state index in [-0.39, 0.29) is 28.9 Å². The Morgan fingerprint density at radius 2 is 1.38 bits per heavy atom. The van der Waals surface area contributed by atoms with E-state index in [4.69, 9.17) is 4.74 Å². The molecule has 0 aliphatic rings. The summed E-state index contributed by atoms with van der Waals surface area (Å²) < 4.78 is 130.